The zero-order valence-corrected chi connectivity index (χ0v) is 10.9. The van der Waals surface area contributed by atoms with Gasteiger partial charge in [-0.2, -0.15) is 0 Å². The highest BCUT2D eigenvalue weighted by atomic mass is 16.5. The molecule has 94 valence electrons. The molecule has 0 radical (unpaired) electrons. The Balaban J connectivity index is 2.31. The summed E-state index contributed by atoms with van der Waals surface area (Å²) in [5.41, 5.74) is 0. The highest BCUT2D eigenvalue weighted by molar-refractivity contribution is 5.72. The second-order valence-corrected chi connectivity index (χ2v) is 4.82. The van der Waals surface area contributed by atoms with E-state index in [1.807, 2.05) is 13.8 Å². The highest BCUT2D eigenvalue weighted by Crippen LogP contribution is 2.15. The van der Waals surface area contributed by atoms with E-state index in [1.54, 1.807) is 0 Å². The number of nitrogens with zero attached hydrogens (tertiary/aromatic N) is 2. The summed E-state index contributed by atoms with van der Waals surface area (Å²) >= 11 is 0. The maximum Gasteiger partial charge on any atom is 0.309 e. The fourth-order valence-corrected chi connectivity index (χ4v) is 2.15. The zero-order chi connectivity index (χ0) is 12.1. The van der Waals surface area contributed by atoms with Crippen LogP contribution in [0.1, 0.15) is 20.3 Å². The lowest BCUT2D eigenvalue weighted by atomic mass is 10.2. The topological polar surface area (TPSA) is 32.8 Å². The summed E-state index contributed by atoms with van der Waals surface area (Å²) < 4.78 is 5.01. The summed E-state index contributed by atoms with van der Waals surface area (Å²) in [4.78, 5) is 16.1. The zero-order valence-electron chi connectivity index (χ0n) is 10.9. The molecule has 0 spiro atoms. The van der Waals surface area contributed by atoms with Crippen LogP contribution in [-0.4, -0.2) is 62.1 Å². The number of ether oxygens (including phenoxy) is 1. The Bertz CT molecular complexity index is 231. The maximum absolute atomic E-state index is 11.5. The van der Waals surface area contributed by atoms with Gasteiger partial charge in [0.1, 0.15) is 0 Å². The van der Waals surface area contributed by atoms with Gasteiger partial charge in [0.2, 0.25) is 0 Å². The lowest BCUT2D eigenvalue weighted by Gasteiger charge is -2.22. The number of rotatable bonds is 5. The predicted octanol–water partition coefficient (Wildman–Crippen LogP) is 0.822. The molecule has 16 heavy (non-hydrogen) atoms. The van der Waals surface area contributed by atoms with E-state index in [4.69, 9.17) is 4.74 Å². The third-order valence-corrected chi connectivity index (χ3v) is 3.20. The van der Waals surface area contributed by atoms with Crippen LogP contribution in [0.3, 0.4) is 0 Å². The molecule has 1 saturated heterocycles. The summed E-state index contributed by atoms with van der Waals surface area (Å²) in [5.74, 6) is -0.0864. The van der Waals surface area contributed by atoms with E-state index >= 15 is 0 Å². The van der Waals surface area contributed by atoms with E-state index in [0.29, 0.717) is 12.6 Å². The van der Waals surface area contributed by atoms with Crippen molar-refractivity contribution >= 4 is 5.97 Å². The lowest BCUT2D eigenvalue weighted by Crippen LogP contribution is -2.35. The second-order valence-electron chi connectivity index (χ2n) is 4.82. The molecular weight excluding hydrogens is 204 g/mol. The molecular formula is C12H24N2O2. The van der Waals surface area contributed by atoms with Crippen LogP contribution in [0.25, 0.3) is 0 Å². The quantitative estimate of drug-likeness (QED) is 0.652. The Labute approximate surface area is 98.5 Å². The fraction of sp³-hybridized carbons (Fsp3) is 0.917. The number of likely N-dealkylation sites (N-methyl/N-ethyl adjacent to an activating group) is 1. The Hall–Kier alpha value is -0.610. The monoisotopic (exact) mass is 228 g/mol. The first-order chi connectivity index (χ1) is 7.54. The van der Waals surface area contributed by atoms with Crippen molar-refractivity contribution in [1.82, 2.24) is 9.80 Å². The number of carbonyl (C=O) groups excluding carboxylic acids is 1. The number of hydrogen-bond acceptors (Lipinski definition) is 4. The molecule has 0 amide bonds. The van der Waals surface area contributed by atoms with Gasteiger partial charge in [0.25, 0.3) is 0 Å². The summed E-state index contributed by atoms with van der Waals surface area (Å²) in [6, 6.07) is 0.634. The average Bonchev–Trinajstić information content (AvgIpc) is 2.66. The smallest absolute Gasteiger partial charge is 0.309 e. The van der Waals surface area contributed by atoms with E-state index in [1.165, 1.54) is 6.42 Å². The number of carbonyl (C=O) groups is 1. The molecule has 4 nitrogen and oxygen atoms in total. The van der Waals surface area contributed by atoms with Gasteiger partial charge in [0.15, 0.2) is 0 Å². The minimum Gasteiger partial charge on any atom is -0.466 e. The molecule has 1 heterocycles. The molecule has 4 heteroatoms. The number of likely N-dealkylation sites (tertiary alicyclic amines) is 1. The Morgan fingerprint density at radius 2 is 2.25 bits per heavy atom. The molecule has 1 aliphatic rings. The van der Waals surface area contributed by atoms with Gasteiger partial charge in [0.05, 0.1) is 12.5 Å². The summed E-state index contributed by atoms with van der Waals surface area (Å²) in [6.07, 6.45) is 1.20. The first-order valence-corrected chi connectivity index (χ1v) is 6.10. The molecule has 0 aromatic heterocycles. The fourth-order valence-electron chi connectivity index (χ4n) is 2.15. The standard InChI is InChI=1S/C12H24N2O2/c1-5-16-12(15)10(2)8-14-7-6-11(9-14)13(3)4/h10-11H,5-9H2,1-4H3. The third-order valence-electron chi connectivity index (χ3n) is 3.20. The summed E-state index contributed by atoms with van der Waals surface area (Å²) in [6.45, 7) is 7.25. The molecule has 0 saturated carbocycles. The number of hydrogen-bond donors (Lipinski definition) is 0. The van der Waals surface area contributed by atoms with Crippen molar-refractivity contribution in [3.05, 3.63) is 0 Å². The van der Waals surface area contributed by atoms with E-state index in [0.717, 1.165) is 19.6 Å². The molecule has 2 atom stereocenters. The van der Waals surface area contributed by atoms with Crippen molar-refractivity contribution in [3.8, 4) is 0 Å². The van der Waals surface area contributed by atoms with Crippen molar-refractivity contribution in [3.63, 3.8) is 0 Å². The molecule has 0 bridgehead atoms. The second kappa shape index (κ2) is 6.21. The first kappa shape index (κ1) is 13.5. The van der Waals surface area contributed by atoms with Gasteiger partial charge in [-0.3, -0.25) is 4.79 Å². The van der Waals surface area contributed by atoms with Crippen LogP contribution < -0.4 is 0 Å². The van der Waals surface area contributed by atoms with Crippen LogP contribution in [0, 0.1) is 5.92 Å². The van der Waals surface area contributed by atoms with Gasteiger partial charge in [0, 0.05) is 19.1 Å². The third kappa shape index (κ3) is 3.76. The van der Waals surface area contributed by atoms with Crippen LogP contribution >= 0.6 is 0 Å². The number of esters is 1. The maximum atomic E-state index is 11.5. The lowest BCUT2D eigenvalue weighted by molar-refractivity contribution is -0.147. The van der Waals surface area contributed by atoms with Crippen molar-refractivity contribution in [2.45, 2.75) is 26.3 Å². The summed E-state index contributed by atoms with van der Waals surface area (Å²) in [7, 11) is 4.23. The van der Waals surface area contributed by atoms with Gasteiger partial charge in [-0.15, -0.1) is 0 Å². The average molecular weight is 228 g/mol. The summed E-state index contributed by atoms with van der Waals surface area (Å²) in [5, 5.41) is 0. The normalized spacial score (nSPS) is 23.7. The van der Waals surface area contributed by atoms with Gasteiger partial charge >= 0.3 is 5.97 Å². The van der Waals surface area contributed by atoms with Gasteiger partial charge in [-0.25, -0.2) is 0 Å². The van der Waals surface area contributed by atoms with Crippen molar-refractivity contribution in [2.75, 3.05) is 40.3 Å². The predicted molar refractivity (Wildman–Crippen MR) is 64.3 cm³/mol. The minimum atomic E-state index is -0.0733. The van der Waals surface area contributed by atoms with Crippen LogP contribution in [-0.2, 0) is 9.53 Å². The van der Waals surface area contributed by atoms with E-state index < -0.39 is 0 Å². The van der Waals surface area contributed by atoms with Crippen LogP contribution in [0.5, 0.6) is 0 Å². The minimum absolute atomic E-state index is 0.0131. The van der Waals surface area contributed by atoms with Crippen molar-refractivity contribution in [1.29, 1.82) is 0 Å². The van der Waals surface area contributed by atoms with Crippen LogP contribution in [0.2, 0.25) is 0 Å². The molecule has 0 aliphatic carbocycles. The van der Waals surface area contributed by atoms with Crippen molar-refractivity contribution < 1.29 is 9.53 Å². The van der Waals surface area contributed by atoms with Gasteiger partial charge < -0.3 is 14.5 Å². The SMILES string of the molecule is CCOC(=O)C(C)CN1CCC(N(C)C)C1. The van der Waals surface area contributed by atoms with Crippen molar-refractivity contribution in [2.24, 2.45) is 5.92 Å². The molecule has 1 aliphatic heterocycles. The Morgan fingerprint density at radius 3 is 2.75 bits per heavy atom. The van der Waals surface area contributed by atoms with E-state index in [-0.39, 0.29) is 11.9 Å². The molecule has 1 rings (SSSR count). The van der Waals surface area contributed by atoms with E-state index in [9.17, 15) is 4.79 Å². The molecule has 1 fully saturated rings. The highest BCUT2D eigenvalue weighted by Gasteiger charge is 2.26. The molecule has 0 N–H and O–H groups in total. The first-order valence-electron chi connectivity index (χ1n) is 6.10. The largest absolute Gasteiger partial charge is 0.466 e. The van der Waals surface area contributed by atoms with Crippen LogP contribution in [0.15, 0.2) is 0 Å². The molecule has 0 aromatic rings. The van der Waals surface area contributed by atoms with Gasteiger partial charge in [-0.1, -0.05) is 6.92 Å². The molecule has 2 unspecified atom stereocenters. The van der Waals surface area contributed by atoms with Gasteiger partial charge in [-0.05, 0) is 34.0 Å². The van der Waals surface area contributed by atoms with E-state index in [2.05, 4.69) is 23.9 Å². The van der Waals surface area contributed by atoms with Crippen LogP contribution in [0.4, 0.5) is 0 Å². The molecule has 0 aromatic carbocycles. The Kier molecular flexibility index (Phi) is 5.22. The Morgan fingerprint density at radius 1 is 1.56 bits per heavy atom.